The van der Waals surface area contributed by atoms with Gasteiger partial charge in [0.05, 0.1) is 5.69 Å². The molecule has 3 heteroatoms. The first kappa shape index (κ1) is 10.4. The SMILES string of the molecule is Ic1ccnc(-c2ccccc2I)c1. The van der Waals surface area contributed by atoms with Gasteiger partial charge in [-0.05, 0) is 63.4 Å². The highest BCUT2D eigenvalue weighted by Gasteiger charge is 2.02. The smallest absolute Gasteiger partial charge is 0.0723 e. The molecule has 0 fully saturated rings. The summed E-state index contributed by atoms with van der Waals surface area (Å²) in [7, 11) is 0. The maximum atomic E-state index is 4.36. The number of nitrogens with zero attached hydrogens (tertiary/aromatic N) is 1. The Morgan fingerprint density at radius 2 is 1.79 bits per heavy atom. The normalized spacial score (nSPS) is 10.1. The zero-order valence-electron chi connectivity index (χ0n) is 7.24. The van der Waals surface area contributed by atoms with E-state index in [0.717, 1.165) is 5.69 Å². The van der Waals surface area contributed by atoms with Crippen molar-refractivity contribution in [3.05, 3.63) is 49.7 Å². The van der Waals surface area contributed by atoms with Crippen molar-refractivity contribution in [2.45, 2.75) is 0 Å². The van der Waals surface area contributed by atoms with Gasteiger partial charge in [0.25, 0.3) is 0 Å². The molecule has 0 saturated heterocycles. The van der Waals surface area contributed by atoms with Crippen LogP contribution in [0.25, 0.3) is 11.3 Å². The first-order valence-corrected chi connectivity index (χ1v) is 6.29. The summed E-state index contributed by atoms with van der Waals surface area (Å²) in [5.74, 6) is 0. The fourth-order valence-electron chi connectivity index (χ4n) is 1.22. The van der Waals surface area contributed by atoms with Crippen molar-refractivity contribution < 1.29 is 0 Å². The standard InChI is InChI=1S/C11H7I2N/c12-8-5-6-14-11(7-8)9-3-1-2-4-10(9)13/h1-7H. The number of hydrogen-bond acceptors (Lipinski definition) is 1. The van der Waals surface area contributed by atoms with Crippen LogP contribution in [0.5, 0.6) is 0 Å². The van der Waals surface area contributed by atoms with Gasteiger partial charge in [0, 0.05) is 18.9 Å². The molecule has 0 unspecified atom stereocenters. The number of pyridine rings is 1. The van der Waals surface area contributed by atoms with E-state index in [2.05, 4.69) is 68.4 Å². The van der Waals surface area contributed by atoms with Crippen molar-refractivity contribution in [2.24, 2.45) is 0 Å². The highest BCUT2D eigenvalue weighted by Crippen LogP contribution is 2.23. The Labute approximate surface area is 110 Å². The van der Waals surface area contributed by atoms with Crippen molar-refractivity contribution in [1.29, 1.82) is 0 Å². The van der Waals surface area contributed by atoms with E-state index < -0.39 is 0 Å². The molecule has 0 radical (unpaired) electrons. The second kappa shape index (κ2) is 4.57. The van der Waals surface area contributed by atoms with E-state index in [9.17, 15) is 0 Å². The lowest BCUT2D eigenvalue weighted by atomic mass is 10.1. The van der Waals surface area contributed by atoms with Crippen LogP contribution in [0.1, 0.15) is 0 Å². The minimum absolute atomic E-state index is 1.04. The third-order valence-electron chi connectivity index (χ3n) is 1.87. The molecule has 1 aromatic heterocycles. The Bertz CT molecular complexity index is 455. The molecule has 0 bridgehead atoms. The van der Waals surface area contributed by atoms with Crippen LogP contribution in [-0.2, 0) is 0 Å². The monoisotopic (exact) mass is 407 g/mol. The largest absolute Gasteiger partial charge is 0.256 e. The lowest BCUT2D eigenvalue weighted by Gasteiger charge is -2.03. The van der Waals surface area contributed by atoms with Crippen molar-refractivity contribution in [2.75, 3.05) is 0 Å². The van der Waals surface area contributed by atoms with E-state index in [1.165, 1.54) is 12.7 Å². The van der Waals surface area contributed by atoms with E-state index in [-0.39, 0.29) is 0 Å². The molecule has 1 nitrogen and oxygen atoms in total. The molecule has 1 aromatic carbocycles. The van der Waals surface area contributed by atoms with Crippen molar-refractivity contribution in [3.8, 4) is 11.3 Å². The molecule has 0 aliphatic heterocycles. The summed E-state index contributed by atoms with van der Waals surface area (Å²) in [4.78, 5) is 4.36. The third kappa shape index (κ3) is 2.25. The molecular weight excluding hydrogens is 400 g/mol. The van der Waals surface area contributed by atoms with E-state index >= 15 is 0 Å². The summed E-state index contributed by atoms with van der Waals surface area (Å²) in [6, 6.07) is 12.4. The molecule has 0 saturated carbocycles. The Morgan fingerprint density at radius 1 is 1.00 bits per heavy atom. The van der Waals surface area contributed by atoms with Gasteiger partial charge >= 0.3 is 0 Å². The van der Waals surface area contributed by atoms with Crippen LogP contribution in [0.4, 0.5) is 0 Å². The average Bonchev–Trinajstić information content (AvgIpc) is 2.18. The zero-order valence-corrected chi connectivity index (χ0v) is 11.6. The van der Waals surface area contributed by atoms with Gasteiger partial charge in [-0.3, -0.25) is 4.98 Å². The molecule has 1 heterocycles. The molecule has 14 heavy (non-hydrogen) atoms. The summed E-state index contributed by atoms with van der Waals surface area (Å²) in [6.45, 7) is 0. The quantitative estimate of drug-likeness (QED) is 0.653. The first-order chi connectivity index (χ1) is 6.77. The maximum Gasteiger partial charge on any atom is 0.0723 e. The Morgan fingerprint density at radius 3 is 2.50 bits per heavy atom. The van der Waals surface area contributed by atoms with Crippen LogP contribution in [0, 0.1) is 7.14 Å². The molecule has 0 aliphatic carbocycles. The summed E-state index contributed by atoms with van der Waals surface area (Å²) in [6.07, 6.45) is 1.85. The molecule has 0 amide bonds. The second-order valence-corrected chi connectivity index (χ2v) is 5.25. The first-order valence-electron chi connectivity index (χ1n) is 4.14. The minimum Gasteiger partial charge on any atom is -0.256 e. The molecule has 0 spiro atoms. The van der Waals surface area contributed by atoms with Crippen LogP contribution in [0.2, 0.25) is 0 Å². The van der Waals surface area contributed by atoms with Gasteiger partial charge in [-0.1, -0.05) is 18.2 Å². The van der Waals surface area contributed by atoms with E-state index in [4.69, 9.17) is 0 Å². The lowest BCUT2D eigenvalue weighted by Crippen LogP contribution is -1.86. The van der Waals surface area contributed by atoms with Crippen molar-refractivity contribution >= 4 is 45.2 Å². The summed E-state index contributed by atoms with van der Waals surface area (Å²) in [5.41, 5.74) is 2.24. The molecule has 2 rings (SSSR count). The van der Waals surface area contributed by atoms with Crippen LogP contribution >= 0.6 is 45.2 Å². The van der Waals surface area contributed by atoms with Crippen LogP contribution in [0.15, 0.2) is 42.6 Å². The topological polar surface area (TPSA) is 12.9 Å². The summed E-state index contributed by atoms with van der Waals surface area (Å²) < 4.78 is 2.45. The van der Waals surface area contributed by atoms with Crippen molar-refractivity contribution in [3.63, 3.8) is 0 Å². The van der Waals surface area contributed by atoms with E-state index in [1.54, 1.807) is 0 Å². The highest BCUT2D eigenvalue weighted by molar-refractivity contribution is 14.1. The third-order valence-corrected chi connectivity index (χ3v) is 3.48. The predicted molar refractivity (Wildman–Crippen MR) is 75.1 cm³/mol. The highest BCUT2D eigenvalue weighted by atomic mass is 127. The molecular formula is C11H7I2N. The van der Waals surface area contributed by atoms with Crippen LogP contribution in [-0.4, -0.2) is 4.98 Å². The maximum absolute atomic E-state index is 4.36. The molecule has 0 N–H and O–H groups in total. The fraction of sp³-hybridized carbons (Fsp3) is 0. The second-order valence-electron chi connectivity index (χ2n) is 2.84. The number of hydrogen-bond donors (Lipinski definition) is 0. The van der Waals surface area contributed by atoms with Gasteiger partial charge in [-0.2, -0.15) is 0 Å². The van der Waals surface area contributed by atoms with Gasteiger partial charge in [-0.25, -0.2) is 0 Å². The number of rotatable bonds is 1. The molecule has 0 aliphatic rings. The Balaban J connectivity index is 2.55. The van der Waals surface area contributed by atoms with Gasteiger partial charge < -0.3 is 0 Å². The van der Waals surface area contributed by atoms with Gasteiger partial charge in [0.2, 0.25) is 0 Å². The van der Waals surface area contributed by atoms with Gasteiger partial charge in [-0.15, -0.1) is 0 Å². The van der Waals surface area contributed by atoms with Crippen LogP contribution in [0.3, 0.4) is 0 Å². The van der Waals surface area contributed by atoms with Crippen molar-refractivity contribution in [1.82, 2.24) is 4.98 Å². The molecule has 2 aromatic rings. The molecule has 0 atom stereocenters. The average molecular weight is 407 g/mol. The van der Waals surface area contributed by atoms with Crippen LogP contribution < -0.4 is 0 Å². The van der Waals surface area contributed by atoms with E-state index in [1.807, 2.05) is 24.4 Å². The zero-order chi connectivity index (χ0) is 9.97. The van der Waals surface area contributed by atoms with Gasteiger partial charge in [0.15, 0.2) is 0 Å². The van der Waals surface area contributed by atoms with Gasteiger partial charge in [0.1, 0.15) is 0 Å². The number of benzene rings is 1. The fourth-order valence-corrected chi connectivity index (χ4v) is 2.34. The molecule has 70 valence electrons. The number of halogens is 2. The Hall–Kier alpha value is -0.170. The number of aromatic nitrogens is 1. The van der Waals surface area contributed by atoms with E-state index in [0.29, 0.717) is 0 Å². The minimum atomic E-state index is 1.04. The Kier molecular flexibility index (Phi) is 3.38. The lowest BCUT2D eigenvalue weighted by molar-refractivity contribution is 1.31. The summed E-state index contributed by atoms with van der Waals surface area (Å²) >= 11 is 4.63. The summed E-state index contributed by atoms with van der Waals surface area (Å²) in [5, 5.41) is 0. The predicted octanol–water partition coefficient (Wildman–Crippen LogP) is 3.96.